The minimum Gasteiger partial charge on any atom is -0.406 e. The number of halogens is 3. The molecule has 1 aromatic carbocycles. The van der Waals surface area contributed by atoms with Crippen LogP contribution in [0.25, 0.3) is 0 Å². The first-order chi connectivity index (χ1) is 8.96. The average Bonchev–Trinajstić information content (AvgIpc) is 2.34. The van der Waals surface area contributed by atoms with Crippen molar-refractivity contribution in [3.8, 4) is 5.75 Å². The Hall–Kier alpha value is -1.31. The number of ether oxygens (including phenoxy) is 2. The zero-order chi connectivity index (χ0) is 14.3. The van der Waals surface area contributed by atoms with Crippen molar-refractivity contribution in [3.05, 3.63) is 29.8 Å². The lowest BCUT2D eigenvalue weighted by atomic mass is 10.0. The Labute approximate surface area is 109 Å². The first-order valence-corrected chi connectivity index (χ1v) is 5.77. The normalized spacial score (nSPS) is 13.3. The molecule has 1 aromatic rings. The highest BCUT2D eigenvalue weighted by Gasteiger charge is 2.31. The molecule has 0 fully saturated rings. The van der Waals surface area contributed by atoms with Gasteiger partial charge in [-0.1, -0.05) is 12.1 Å². The fraction of sp³-hybridized carbons (Fsp3) is 0.500. The van der Waals surface area contributed by atoms with Gasteiger partial charge in [-0.3, -0.25) is 11.3 Å². The lowest BCUT2D eigenvalue weighted by molar-refractivity contribution is -0.274. The number of nitrogens with one attached hydrogen (secondary N) is 1. The fourth-order valence-electron chi connectivity index (χ4n) is 1.68. The van der Waals surface area contributed by atoms with E-state index in [2.05, 4.69) is 10.2 Å². The van der Waals surface area contributed by atoms with Crippen LogP contribution >= 0.6 is 0 Å². The van der Waals surface area contributed by atoms with Gasteiger partial charge >= 0.3 is 6.36 Å². The van der Waals surface area contributed by atoms with Crippen LogP contribution in [0.5, 0.6) is 5.75 Å². The molecule has 0 aliphatic rings. The quantitative estimate of drug-likeness (QED) is 0.457. The molecule has 1 atom stereocenters. The third kappa shape index (κ3) is 5.91. The van der Waals surface area contributed by atoms with Crippen LogP contribution in [-0.2, 0) is 4.74 Å². The second-order valence-electron chi connectivity index (χ2n) is 3.97. The summed E-state index contributed by atoms with van der Waals surface area (Å²) in [5.74, 6) is 5.18. The molecule has 7 heteroatoms. The standard InChI is InChI=1S/C12H17F3N2O2/c1-18-8-2-3-11(17-16)9-4-6-10(7-5-9)19-12(13,14)15/h4-7,11,17H,2-3,8,16H2,1H3. The Morgan fingerprint density at radius 1 is 1.26 bits per heavy atom. The second-order valence-corrected chi connectivity index (χ2v) is 3.97. The molecule has 0 radical (unpaired) electrons. The van der Waals surface area contributed by atoms with Gasteiger partial charge in [0.2, 0.25) is 0 Å². The van der Waals surface area contributed by atoms with Crippen LogP contribution in [0.15, 0.2) is 24.3 Å². The Morgan fingerprint density at radius 3 is 2.37 bits per heavy atom. The highest BCUT2D eigenvalue weighted by molar-refractivity contribution is 5.29. The molecule has 1 rings (SSSR count). The monoisotopic (exact) mass is 278 g/mol. The van der Waals surface area contributed by atoms with Crippen molar-refractivity contribution >= 4 is 0 Å². The number of hydrogen-bond donors (Lipinski definition) is 2. The molecule has 108 valence electrons. The van der Waals surface area contributed by atoms with Crippen molar-refractivity contribution in [2.45, 2.75) is 25.2 Å². The van der Waals surface area contributed by atoms with Gasteiger partial charge in [0.1, 0.15) is 5.75 Å². The van der Waals surface area contributed by atoms with E-state index in [-0.39, 0.29) is 11.8 Å². The molecule has 0 saturated carbocycles. The summed E-state index contributed by atoms with van der Waals surface area (Å²) in [5, 5.41) is 0. The van der Waals surface area contributed by atoms with Crippen LogP contribution in [0.1, 0.15) is 24.4 Å². The lowest BCUT2D eigenvalue weighted by Crippen LogP contribution is -2.28. The van der Waals surface area contributed by atoms with Gasteiger partial charge in [-0.2, -0.15) is 0 Å². The molecule has 19 heavy (non-hydrogen) atoms. The number of hydrogen-bond acceptors (Lipinski definition) is 4. The minimum atomic E-state index is -4.68. The molecule has 1 unspecified atom stereocenters. The number of rotatable bonds is 7. The maximum Gasteiger partial charge on any atom is 0.573 e. The third-order valence-corrected chi connectivity index (χ3v) is 2.56. The van der Waals surface area contributed by atoms with Gasteiger partial charge in [0.25, 0.3) is 0 Å². The van der Waals surface area contributed by atoms with Crippen LogP contribution in [0.3, 0.4) is 0 Å². The molecule has 0 heterocycles. The Bertz CT molecular complexity index is 368. The fourth-order valence-corrected chi connectivity index (χ4v) is 1.68. The van der Waals surface area contributed by atoms with E-state index in [9.17, 15) is 13.2 Å². The lowest BCUT2D eigenvalue weighted by Gasteiger charge is -2.17. The summed E-state index contributed by atoms with van der Waals surface area (Å²) >= 11 is 0. The van der Waals surface area contributed by atoms with Gasteiger partial charge in [0.05, 0.1) is 0 Å². The van der Waals surface area contributed by atoms with Gasteiger partial charge in [-0.25, -0.2) is 0 Å². The summed E-state index contributed by atoms with van der Waals surface area (Å²) in [4.78, 5) is 0. The minimum absolute atomic E-state index is 0.130. The molecular formula is C12H17F3N2O2. The van der Waals surface area contributed by atoms with Gasteiger partial charge in [-0.05, 0) is 30.5 Å². The van der Waals surface area contributed by atoms with Crippen molar-refractivity contribution in [1.29, 1.82) is 0 Å². The van der Waals surface area contributed by atoms with Gasteiger partial charge < -0.3 is 9.47 Å². The summed E-state index contributed by atoms with van der Waals surface area (Å²) in [6.45, 7) is 0.605. The Balaban J connectivity index is 2.62. The van der Waals surface area contributed by atoms with Gasteiger partial charge in [0, 0.05) is 19.8 Å². The number of benzene rings is 1. The maximum atomic E-state index is 12.0. The van der Waals surface area contributed by atoms with E-state index in [1.165, 1.54) is 12.1 Å². The Morgan fingerprint density at radius 2 is 1.89 bits per heavy atom. The summed E-state index contributed by atoms with van der Waals surface area (Å²) in [6.07, 6.45) is -3.15. The molecule has 0 aliphatic heterocycles. The third-order valence-electron chi connectivity index (χ3n) is 2.56. The summed E-state index contributed by atoms with van der Waals surface area (Å²) < 4.78 is 44.7. The number of hydrazine groups is 1. The molecular weight excluding hydrogens is 261 g/mol. The number of nitrogens with two attached hydrogens (primary N) is 1. The predicted molar refractivity (Wildman–Crippen MR) is 64.3 cm³/mol. The molecule has 0 spiro atoms. The first-order valence-electron chi connectivity index (χ1n) is 5.77. The van der Waals surface area contributed by atoms with Crippen LogP contribution in [-0.4, -0.2) is 20.1 Å². The highest BCUT2D eigenvalue weighted by Crippen LogP contribution is 2.25. The van der Waals surface area contributed by atoms with Crippen molar-refractivity contribution < 1.29 is 22.6 Å². The Kier molecular flexibility index (Phi) is 6.07. The topological polar surface area (TPSA) is 56.5 Å². The molecule has 3 N–H and O–H groups in total. The van der Waals surface area contributed by atoms with Crippen LogP contribution in [0.4, 0.5) is 13.2 Å². The molecule has 0 aromatic heterocycles. The van der Waals surface area contributed by atoms with E-state index >= 15 is 0 Å². The van der Waals surface area contributed by atoms with Crippen LogP contribution in [0.2, 0.25) is 0 Å². The van der Waals surface area contributed by atoms with Crippen molar-refractivity contribution in [1.82, 2.24) is 5.43 Å². The van der Waals surface area contributed by atoms with Crippen molar-refractivity contribution in [3.63, 3.8) is 0 Å². The smallest absolute Gasteiger partial charge is 0.406 e. The van der Waals surface area contributed by atoms with E-state index in [4.69, 9.17) is 10.6 Å². The zero-order valence-electron chi connectivity index (χ0n) is 10.5. The van der Waals surface area contributed by atoms with Crippen molar-refractivity contribution in [2.75, 3.05) is 13.7 Å². The summed E-state index contributed by atoms with van der Waals surface area (Å²) in [5.41, 5.74) is 3.43. The van der Waals surface area contributed by atoms with E-state index in [1.807, 2.05) is 0 Å². The van der Waals surface area contributed by atoms with E-state index in [0.717, 1.165) is 18.4 Å². The zero-order valence-corrected chi connectivity index (χ0v) is 10.5. The van der Waals surface area contributed by atoms with Gasteiger partial charge in [0.15, 0.2) is 0 Å². The highest BCUT2D eigenvalue weighted by atomic mass is 19.4. The van der Waals surface area contributed by atoms with E-state index < -0.39 is 6.36 Å². The van der Waals surface area contributed by atoms with Crippen molar-refractivity contribution in [2.24, 2.45) is 5.84 Å². The molecule has 0 saturated heterocycles. The first kappa shape index (κ1) is 15.7. The molecule has 0 amide bonds. The largest absolute Gasteiger partial charge is 0.573 e. The molecule has 0 aliphatic carbocycles. The maximum absolute atomic E-state index is 12.0. The predicted octanol–water partition coefficient (Wildman–Crippen LogP) is 2.52. The average molecular weight is 278 g/mol. The van der Waals surface area contributed by atoms with E-state index in [0.29, 0.717) is 6.61 Å². The molecule has 0 bridgehead atoms. The molecule has 4 nitrogen and oxygen atoms in total. The second kappa shape index (κ2) is 7.32. The number of methoxy groups -OCH3 is 1. The van der Waals surface area contributed by atoms with E-state index in [1.54, 1.807) is 19.2 Å². The van der Waals surface area contributed by atoms with Crippen LogP contribution < -0.4 is 16.0 Å². The number of alkyl halides is 3. The summed E-state index contributed by atoms with van der Waals surface area (Å²) in [7, 11) is 1.61. The van der Waals surface area contributed by atoms with Gasteiger partial charge in [-0.15, -0.1) is 13.2 Å². The SMILES string of the molecule is COCCCC(NN)c1ccc(OC(F)(F)F)cc1. The summed E-state index contributed by atoms with van der Waals surface area (Å²) in [6, 6.07) is 5.51. The van der Waals surface area contributed by atoms with Crippen LogP contribution in [0, 0.1) is 0 Å².